The number of rotatable bonds is 6. The number of hydrogen-bond acceptors (Lipinski definition) is 3. The zero-order valence-electron chi connectivity index (χ0n) is 13.8. The molecule has 2 rings (SSSR count). The van der Waals surface area contributed by atoms with Crippen LogP contribution in [0.25, 0.3) is 0 Å². The molecule has 0 aromatic heterocycles. The average molecular weight is 412 g/mol. The number of nitrogens with one attached hydrogen (secondary N) is 2. The maximum absolute atomic E-state index is 12.2. The van der Waals surface area contributed by atoms with Crippen molar-refractivity contribution in [3.8, 4) is 5.75 Å². The molecule has 0 radical (unpaired) electrons. The van der Waals surface area contributed by atoms with Gasteiger partial charge in [0.2, 0.25) is 5.91 Å². The first kappa shape index (κ1) is 18.8. The molecule has 0 aliphatic rings. The van der Waals surface area contributed by atoms with Gasteiger partial charge < -0.3 is 15.4 Å². The highest BCUT2D eigenvalue weighted by molar-refractivity contribution is 9.10. The van der Waals surface area contributed by atoms with Gasteiger partial charge in [0.1, 0.15) is 5.75 Å². The van der Waals surface area contributed by atoms with Gasteiger partial charge in [-0.2, -0.15) is 0 Å². The van der Waals surface area contributed by atoms with Gasteiger partial charge in [-0.1, -0.05) is 45.7 Å². The number of methoxy groups -OCH3 is 1. The minimum atomic E-state index is -0.145. The Balaban J connectivity index is 1.99. The summed E-state index contributed by atoms with van der Waals surface area (Å²) in [6.07, 6.45) is 0. The first-order valence-electron chi connectivity index (χ1n) is 7.54. The topological polar surface area (TPSA) is 50.4 Å². The number of anilines is 1. The van der Waals surface area contributed by atoms with E-state index in [-0.39, 0.29) is 18.5 Å². The average Bonchev–Trinajstić information content (AvgIpc) is 2.56. The molecule has 4 nitrogen and oxygen atoms in total. The Labute approximate surface area is 155 Å². The molecule has 128 valence electrons. The number of ether oxygens (including phenoxy) is 1. The summed E-state index contributed by atoms with van der Waals surface area (Å²) in [5.41, 5.74) is 2.59. The van der Waals surface area contributed by atoms with E-state index in [2.05, 4.69) is 26.6 Å². The molecule has 0 fully saturated rings. The molecule has 0 heterocycles. The summed E-state index contributed by atoms with van der Waals surface area (Å²) in [6.45, 7) is 4.08. The van der Waals surface area contributed by atoms with Crippen LogP contribution < -0.4 is 15.4 Å². The maximum Gasteiger partial charge on any atom is 0.238 e. The molecule has 24 heavy (non-hydrogen) atoms. The van der Waals surface area contributed by atoms with E-state index in [1.807, 2.05) is 38.1 Å². The van der Waals surface area contributed by atoms with Crippen molar-refractivity contribution in [2.24, 2.45) is 0 Å². The molecule has 0 saturated carbocycles. The highest BCUT2D eigenvalue weighted by atomic mass is 79.9. The van der Waals surface area contributed by atoms with Crippen LogP contribution >= 0.6 is 27.5 Å². The second kappa shape index (κ2) is 8.51. The van der Waals surface area contributed by atoms with Crippen LogP contribution in [-0.2, 0) is 4.79 Å². The second-order valence-corrected chi connectivity index (χ2v) is 6.74. The highest BCUT2D eigenvalue weighted by Crippen LogP contribution is 2.30. The van der Waals surface area contributed by atoms with Crippen LogP contribution in [0.2, 0.25) is 5.02 Å². The standard InChI is InChI=1S/C18H20BrClN2O2/c1-11-8-16(17(24-3)9-15(11)20)22-18(23)10-21-12(2)13-6-4-5-7-14(13)19/h4-9,12,21H,10H2,1-3H3,(H,22,23)/t12-/m0/s1. The first-order valence-corrected chi connectivity index (χ1v) is 8.71. The molecule has 0 saturated heterocycles. The van der Waals surface area contributed by atoms with E-state index in [9.17, 15) is 4.79 Å². The Morgan fingerprint density at radius 2 is 2.04 bits per heavy atom. The summed E-state index contributed by atoms with van der Waals surface area (Å²) in [4.78, 5) is 12.2. The van der Waals surface area contributed by atoms with Gasteiger partial charge in [0.05, 0.1) is 19.3 Å². The molecule has 2 aromatic carbocycles. The number of aryl methyl sites for hydroxylation is 1. The second-order valence-electron chi connectivity index (χ2n) is 5.47. The summed E-state index contributed by atoms with van der Waals surface area (Å²) in [5, 5.41) is 6.67. The lowest BCUT2D eigenvalue weighted by Gasteiger charge is -2.16. The monoisotopic (exact) mass is 410 g/mol. The van der Waals surface area contributed by atoms with Crippen molar-refractivity contribution in [3.63, 3.8) is 0 Å². The van der Waals surface area contributed by atoms with Crippen LogP contribution in [0.3, 0.4) is 0 Å². The zero-order valence-corrected chi connectivity index (χ0v) is 16.2. The molecule has 2 aromatic rings. The quantitative estimate of drug-likeness (QED) is 0.724. The molecule has 2 N–H and O–H groups in total. The van der Waals surface area contributed by atoms with Gasteiger partial charge in [-0.25, -0.2) is 0 Å². The summed E-state index contributed by atoms with van der Waals surface area (Å²) >= 11 is 9.60. The van der Waals surface area contributed by atoms with Crippen LogP contribution in [0.15, 0.2) is 40.9 Å². The fourth-order valence-electron chi connectivity index (χ4n) is 2.31. The number of hydrogen-bond donors (Lipinski definition) is 2. The third-order valence-electron chi connectivity index (χ3n) is 3.70. The van der Waals surface area contributed by atoms with Crippen LogP contribution in [0.1, 0.15) is 24.1 Å². The molecular weight excluding hydrogens is 392 g/mol. The summed E-state index contributed by atoms with van der Waals surface area (Å²) in [6, 6.07) is 11.5. The first-order chi connectivity index (χ1) is 11.4. The number of carbonyl (C=O) groups excluding carboxylic acids is 1. The van der Waals surface area contributed by atoms with Crippen molar-refractivity contribution >= 4 is 39.1 Å². The van der Waals surface area contributed by atoms with E-state index in [0.717, 1.165) is 15.6 Å². The lowest BCUT2D eigenvalue weighted by Crippen LogP contribution is -2.30. The van der Waals surface area contributed by atoms with E-state index >= 15 is 0 Å². The third kappa shape index (κ3) is 4.72. The molecule has 0 aliphatic carbocycles. The van der Waals surface area contributed by atoms with Gasteiger partial charge in [-0.3, -0.25) is 4.79 Å². The minimum absolute atomic E-state index is 0.0418. The molecule has 0 unspecified atom stereocenters. The highest BCUT2D eigenvalue weighted by Gasteiger charge is 2.13. The fraction of sp³-hybridized carbons (Fsp3) is 0.278. The molecule has 0 spiro atoms. The lowest BCUT2D eigenvalue weighted by molar-refractivity contribution is -0.115. The van der Waals surface area contributed by atoms with Gasteiger partial charge in [-0.05, 0) is 37.1 Å². The number of halogens is 2. The fourth-order valence-corrected chi connectivity index (χ4v) is 3.09. The summed E-state index contributed by atoms with van der Waals surface area (Å²) in [7, 11) is 1.55. The number of carbonyl (C=O) groups is 1. The summed E-state index contributed by atoms with van der Waals surface area (Å²) in [5.74, 6) is 0.395. The molecule has 0 aliphatic heterocycles. The molecule has 0 bridgehead atoms. The zero-order chi connectivity index (χ0) is 17.7. The molecular formula is C18H20BrClN2O2. The van der Waals surface area contributed by atoms with Gasteiger partial charge in [0.25, 0.3) is 0 Å². The maximum atomic E-state index is 12.2. The third-order valence-corrected chi connectivity index (χ3v) is 4.82. The van der Waals surface area contributed by atoms with E-state index < -0.39 is 0 Å². The normalized spacial score (nSPS) is 11.9. The predicted octanol–water partition coefficient (Wildman–Crippen LogP) is 4.71. The van der Waals surface area contributed by atoms with Crippen molar-refractivity contribution < 1.29 is 9.53 Å². The Morgan fingerprint density at radius 1 is 1.33 bits per heavy atom. The lowest BCUT2D eigenvalue weighted by atomic mass is 10.1. The van der Waals surface area contributed by atoms with Crippen molar-refractivity contribution in [3.05, 3.63) is 57.0 Å². The van der Waals surface area contributed by atoms with E-state index in [1.165, 1.54) is 0 Å². The molecule has 1 amide bonds. The number of amides is 1. The van der Waals surface area contributed by atoms with Crippen molar-refractivity contribution in [1.29, 1.82) is 0 Å². The predicted molar refractivity (Wildman–Crippen MR) is 102 cm³/mol. The van der Waals surface area contributed by atoms with Gasteiger partial charge >= 0.3 is 0 Å². The van der Waals surface area contributed by atoms with Crippen LogP contribution in [-0.4, -0.2) is 19.6 Å². The Hall–Kier alpha value is -1.56. The Kier molecular flexibility index (Phi) is 6.66. The van der Waals surface area contributed by atoms with Crippen LogP contribution in [0.5, 0.6) is 5.75 Å². The van der Waals surface area contributed by atoms with E-state index in [4.69, 9.17) is 16.3 Å². The number of benzene rings is 2. The molecule has 1 atom stereocenters. The largest absolute Gasteiger partial charge is 0.495 e. The SMILES string of the molecule is COc1cc(Cl)c(C)cc1NC(=O)CN[C@@H](C)c1ccccc1Br. The smallest absolute Gasteiger partial charge is 0.238 e. The minimum Gasteiger partial charge on any atom is -0.495 e. The van der Waals surface area contributed by atoms with Gasteiger partial charge in [-0.15, -0.1) is 0 Å². The van der Waals surface area contributed by atoms with Gasteiger partial charge in [0, 0.05) is 21.6 Å². The van der Waals surface area contributed by atoms with Crippen molar-refractivity contribution in [2.75, 3.05) is 19.0 Å². The van der Waals surface area contributed by atoms with Crippen molar-refractivity contribution in [2.45, 2.75) is 19.9 Å². The Morgan fingerprint density at radius 3 is 2.71 bits per heavy atom. The van der Waals surface area contributed by atoms with Crippen molar-refractivity contribution in [1.82, 2.24) is 5.32 Å². The summed E-state index contributed by atoms with van der Waals surface area (Å²) < 4.78 is 6.28. The molecule has 6 heteroatoms. The van der Waals surface area contributed by atoms with Crippen LogP contribution in [0, 0.1) is 6.92 Å². The van der Waals surface area contributed by atoms with E-state index in [1.54, 1.807) is 19.2 Å². The van der Waals surface area contributed by atoms with Crippen LogP contribution in [0.4, 0.5) is 5.69 Å². The van der Waals surface area contributed by atoms with Gasteiger partial charge in [0.15, 0.2) is 0 Å². The van der Waals surface area contributed by atoms with E-state index in [0.29, 0.717) is 16.5 Å². The Bertz CT molecular complexity index is 737.